The van der Waals surface area contributed by atoms with E-state index in [4.69, 9.17) is 11.6 Å². The molecule has 0 aromatic carbocycles. The van der Waals surface area contributed by atoms with E-state index in [2.05, 4.69) is 32.9 Å². The molecule has 10 heavy (non-hydrogen) atoms. The van der Waals surface area contributed by atoms with Crippen molar-refractivity contribution < 1.29 is 0 Å². The van der Waals surface area contributed by atoms with Gasteiger partial charge in [0.25, 0.3) is 0 Å². The quantitative estimate of drug-likeness (QED) is 0.547. The fraction of sp³-hybridized carbons (Fsp3) is 0.556. The van der Waals surface area contributed by atoms with Crippen molar-refractivity contribution in [3.8, 4) is 0 Å². The monoisotopic (exact) mass is 158 g/mol. The second-order valence-electron chi connectivity index (χ2n) is 2.52. The predicted octanol–water partition coefficient (Wildman–Crippen LogP) is 3.88. The summed E-state index contributed by atoms with van der Waals surface area (Å²) >= 11 is 5.78. The Morgan fingerprint density at radius 2 is 1.90 bits per heavy atom. The zero-order valence-corrected chi connectivity index (χ0v) is 7.70. The van der Waals surface area contributed by atoms with Gasteiger partial charge < -0.3 is 0 Å². The van der Waals surface area contributed by atoms with E-state index in [-0.39, 0.29) is 0 Å². The lowest BCUT2D eigenvalue weighted by Gasteiger charge is -1.89. The maximum Gasteiger partial charge on any atom is 0.0141 e. The van der Waals surface area contributed by atoms with E-state index in [1.54, 1.807) is 0 Å². The molecule has 1 heteroatoms. The van der Waals surface area contributed by atoms with Crippen LogP contribution in [0.5, 0.6) is 0 Å². The van der Waals surface area contributed by atoms with Gasteiger partial charge in [0.2, 0.25) is 0 Å². The summed E-state index contributed by atoms with van der Waals surface area (Å²) in [6.45, 7) is 6.24. The van der Waals surface area contributed by atoms with Gasteiger partial charge >= 0.3 is 0 Å². The Bertz CT molecular complexity index is 139. The number of halogens is 1. The molecule has 0 aromatic heterocycles. The molecule has 0 aliphatic rings. The van der Waals surface area contributed by atoms with Gasteiger partial charge in [0.1, 0.15) is 0 Å². The maximum atomic E-state index is 5.78. The SMILES string of the molecule is CCC(Cl)=CCC=C(C)C. The highest BCUT2D eigenvalue weighted by Crippen LogP contribution is 2.07. The van der Waals surface area contributed by atoms with Gasteiger partial charge in [-0.3, -0.25) is 0 Å². The number of rotatable bonds is 3. The first-order valence-electron chi connectivity index (χ1n) is 3.64. The van der Waals surface area contributed by atoms with Crippen LogP contribution in [0.15, 0.2) is 22.8 Å². The summed E-state index contributed by atoms with van der Waals surface area (Å²) in [5.74, 6) is 0. The number of allylic oxidation sites excluding steroid dienone is 4. The van der Waals surface area contributed by atoms with Gasteiger partial charge in [-0.15, -0.1) is 0 Å². The van der Waals surface area contributed by atoms with Crippen molar-refractivity contribution in [3.05, 3.63) is 22.8 Å². The van der Waals surface area contributed by atoms with Gasteiger partial charge in [0.05, 0.1) is 0 Å². The first-order chi connectivity index (χ1) is 4.66. The van der Waals surface area contributed by atoms with Crippen molar-refractivity contribution in [1.29, 1.82) is 0 Å². The van der Waals surface area contributed by atoms with Gasteiger partial charge in [-0.1, -0.05) is 36.2 Å². The molecule has 0 nitrogen and oxygen atoms in total. The molecule has 0 saturated carbocycles. The normalized spacial score (nSPS) is 11.4. The minimum absolute atomic E-state index is 0.943. The van der Waals surface area contributed by atoms with Crippen LogP contribution in [0.3, 0.4) is 0 Å². The van der Waals surface area contributed by atoms with E-state index >= 15 is 0 Å². The van der Waals surface area contributed by atoms with E-state index in [1.165, 1.54) is 5.57 Å². The average Bonchev–Trinajstić information content (AvgIpc) is 1.87. The third-order valence-electron chi connectivity index (χ3n) is 1.20. The van der Waals surface area contributed by atoms with Gasteiger partial charge in [-0.25, -0.2) is 0 Å². The average molecular weight is 159 g/mol. The van der Waals surface area contributed by atoms with E-state index < -0.39 is 0 Å². The minimum atomic E-state index is 0.943. The predicted molar refractivity (Wildman–Crippen MR) is 48.3 cm³/mol. The minimum Gasteiger partial charge on any atom is -0.0895 e. The molecule has 0 radical (unpaired) electrons. The van der Waals surface area contributed by atoms with E-state index in [1.807, 2.05) is 0 Å². The second-order valence-corrected chi connectivity index (χ2v) is 3.01. The lowest BCUT2D eigenvalue weighted by molar-refractivity contribution is 1.16. The first kappa shape index (κ1) is 9.77. The third kappa shape index (κ3) is 5.90. The molecule has 0 fully saturated rings. The van der Waals surface area contributed by atoms with E-state index in [0.717, 1.165) is 17.9 Å². The Morgan fingerprint density at radius 1 is 1.30 bits per heavy atom. The molecule has 58 valence electrons. The molecule has 0 unspecified atom stereocenters. The van der Waals surface area contributed by atoms with Crippen molar-refractivity contribution in [2.75, 3.05) is 0 Å². The van der Waals surface area contributed by atoms with Gasteiger partial charge in [0.15, 0.2) is 0 Å². The van der Waals surface area contributed by atoms with Gasteiger partial charge in [0, 0.05) is 5.03 Å². The Balaban J connectivity index is 3.63. The van der Waals surface area contributed by atoms with Gasteiger partial charge in [-0.2, -0.15) is 0 Å². The second kappa shape index (κ2) is 5.55. The summed E-state index contributed by atoms with van der Waals surface area (Å²) in [4.78, 5) is 0. The van der Waals surface area contributed by atoms with E-state index in [9.17, 15) is 0 Å². The summed E-state index contributed by atoms with van der Waals surface area (Å²) in [6.07, 6.45) is 6.12. The van der Waals surface area contributed by atoms with Gasteiger partial charge in [-0.05, 0) is 26.7 Å². The molecular weight excluding hydrogens is 144 g/mol. The van der Waals surface area contributed by atoms with Crippen LogP contribution in [-0.2, 0) is 0 Å². The number of hydrogen-bond donors (Lipinski definition) is 0. The largest absolute Gasteiger partial charge is 0.0895 e. The molecule has 0 spiro atoms. The first-order valence-corrected chi connectivity index (χ1v) is 4.02. The van der Waals surface area contributed by atoms with Crippen molar-refractivity contribution in [1.82, 2.24) is 0 Å². The Kier molecular flexibility index (Phi) is 5.42. The molecular formula is C9H15Cl. The maximum absolute atomic E-state index is 5.78. The van der Waals surface area contributed by atoms with E-state index in [0.29, 0.717) is 0 Å². The standard InChI is InChI=1S/C9H15Cl/c1-4-9(10)7-5-6-8(2)3/h6-7H,4-5H2,1-3H3. The van der Waals surface area contributed by atoms with Crippen LogP contribution >= 0.6 is 11.6 Å². The lowest BCUT2D eigenvalue weighted by Crippen LogP contribution is -1.68. The molecule has 0 heterocycles. The zero-order valence-electron chi connectivity index (χ0n) is 6.95. The van der Waals surface area contributed by atoms with Crippen molar-refractivity contribution in [3.63, 3.8) is 0 Å². The Morgan fingerprint density at radius 3 is 2.30 bits per heavy atom. The van der Waals surface area contributed by atoms with Crippen LogP contribution in [0.2, 0.25) is 0 Å². The van der Waals surface area contributed by atoms with Crippen molar-refractivity contribution in [2.45, 2.75) is 33.6 Å². The van der Waals surface area contributed by atoms with Crippen molar-refractivity contribution >= 4 is 11.6 Å². The van der Waals surface area contributed by atoms with Crippen LogP contribution in [-0.4, -0.2) is 0 Å². The third-order valence-corrected chi connectivity index (χ3v) is 1.62. The fourth-order valence-electron chi connectivity index (χ4n) is 0.567. The summed E-state index contributed by atoms with van der Waals surface area (Å²) in [6, 6.07) is 0. The highest BCUT2D eigenvalue weighted by atomic mass is 35.5. The molecule has 0 bridgehead atoms. The highest BCUT2D eigenvalue weighted by Gasteiger charge is 1.83. The van der Waals surface area contributed by atoms with Crippen LogP contribution in [0.4, 0.5) is 0 Å². The number of hydrogen-bond acceptors (Lipinski definition) is 0. The van der Waals surface area contributed by atoms with Crippen LogP contribution in [0, 0.1) is 0 Å². The fourth-order valence-corrected chi connectivity index (χ4v) is 0.656. The molecule has 0 saturated heterocycles. The summed E-state index contributed by atoms with van der Waals surface area (Å²) in [7, 11) is 0. The lowest BCUT2D eigenvalue weighted by atomic mass is 10.2. The summed E-state index contributed by atoms with van der Waals surface area (Å²) in [5, 5.41) is 0.956. The van der Waals surface area contributed by atoms with Crippen LogP contribution in [0.25, 0.3) is 0 Å². The summed E-state index contributed by atoms with van der Waals surface area (Å²) < 4.78 is 0. The molecule has 0 amide bonds. The smallest absolute Gasteiger partial charge is 0.0141 e. The molecule has 0 N–H and O–H groups in total. The van der Waals surface area contributed by atoms with Crippen molar-refractivity contribution in [2.24, 2.45) is 0 Å². The van der Waals surface area contributed by atoms with Crippen LogP contribution in [0.1, 0.15) is 33.6 Å². The highest BCUT2D eigenvalue weighted by molar-refractivity contribution is 6.29. The zero-order chi connectivity index (χ0) is 7.98. The molecule has 0 aliphatic heterocycles. The Hall–Kier alpha value is -0.230. The molecule has 0 aliphatic carbocycles. The molecule has 0 rings (SSSR count). The summed E-state index contributed by atoms with van der Waals surface area (Å²) in [5.41, 5.74) is 1.34. The topological polar surface area (TPSA) is 0 Å². The van der Waals surface area contributed by atoms with Crippen LogP contribution < -0.4 is 0 Å². The Labute approximate surface area is 68.6 Å². The molecule has 0 aromatic rings. The molecule has 0 atom stereocenters.